The highest BCUT2D eigenvalue weighted by atomic mass is 16.5. The lowest BCUT2D eigenvalue weighted by molar-refractivity contribution is -0.146. The number of nitrogens with zero attached hydrogens (tertiary/aromatic N) is 2. The van der Waals surface area contributed by atoms with Crippen molar-refractivity contribution in [3.63, 3.8) is 0 Å². The highest BCUT2D eigenvalue weighted by molar-refractivity contribution is 6.04. The van der Waals surface area contributed by atoms with Crippen molar-refractivity contribution in [3.05, 3.63) is 12.7 Å². The fraction of sp³-hybridized carbons (Fsp3) is 0.667. The molecule has 0 saturated carbocycles. The van der Waals surface area contributed by atoms with Crippen molar-refractivity contribution in [1.82, 2.24) is 9.80 Å². The van der Waals surface area contributed by atoms with Crippen LogP contribution in [0.1, 0.15) is 25.7 Å². The minimum Gasteiger partial charge on any atom is -0.377 e. The number of carbonyl (C=O) groups excluding carboxylic acids is 3. The normalized spacial score (nSPS) is 20.2. The molecule has 0 radical (unpaired) electrons. The monoisotopic (exact) mass is 294 g/mol. The summed E-state index contributed by atoms with van der Waals surface area (Å²) in [4.78, 5) is 38.0. The van der Waals surface area contributed by atoms with E-state index in [1.807, 2.05) is 0 Å². The summed E-state index contributed by atoms with van der Waals surface area (Å²) in [7, 11) is 0. The third-order valence-electron chi connectivity index (χ3n) is 4.00. The summed E-state index contributed by atoms with van der Waals surface area (Å²) in [6, 6.07) is 0. The van der Waals surface area contributed by atoms with E-state index in [0.717, 1.165) is 17.7 Å². The first kappa shape index (κ1) is 15.7. The molecule has 0 bridgehead atoms. The SMILES string of the molecule is C=CCOCC1CCN(C(=O)CN2C(=O)CCC2=O)CC1. The van der Waals surface area contributed by atoms with Gasteiger partial charge < -0.3 is 9.64 Å². The molecule has 116 valence electrons. The molecule has 6 heteroatoms. The van der Waals surface area contributed by atoms with Gasteiger partial charge in [0, 0.05) is 32.5 Å². The molecule has 21 heavy (non-hydrogen) atoms. The summed E-state index contributed by atoms with van der Waals surface area (Å²) in [5.41, 5.74) is 0. The van der Waals surface area contributed by atoms with Crippen LogP contribution in [0.2, 0.25) is 0 Å². The van der Waals surface area contributed by atoms with Crippen LogP contribution in [0.3, 0.4) is 0 Å². The van der Waals surface area contributed by atoms with Crippen molar-refractivity contribution < 1.29 is 19.1 Å². The molecule has 0 aliphatic carbocycles. The summed E-state index contributed by atoms with van der Waals surface area (Å²) in [5.74, 6) is -0.143. The Bertz CT molecular complexity index is 411. The van der Waals surface area contributed by atoms with Gasteiger partial charge in [0.25, 0.3) is 0 Å². The molecule has 0 aromatic rings. The third-order valence-corrected chi connectivity index (χ3v) is 4.00. The average Bonchev–Trinajstić information content (AvgIpc) is 2.80. The van der Waals surface area contributed by atoms with Gasteiger partial charge in [0.1, 0.15) is 6.54 Å². The largest absolute Gasteiger partial charge is 0.377 e. The van der Waals surface area contributed by atoms with Crippen molar-refractivity contribution in [2.45, 2.75) is 25.7 Å². The van der Waals surface area contributed by atoms with Crippen LogP contribution in [-0.4, -0.2) is 60.4 Å². The lowest BCUT2D eigenvalue weighted by Gasteiger charge is -2.32. The van der Waals surface area contributed by atoms with Crippen LogP contribution in [-0.2, 0) is 19.1 Å². The Morgan fingerprint density at radius 3 is 2.43 bits per heavy atom. The fourth-order valence-electron chi connectivity index (χ4n) is 2.70. The number of ether oxygens (including phenoxy) is 1. The zero-order valence-electron chi connectivity index (χ0n) is 12.3. The van der Waals surface area contributed by atoms with Gasteiger partial charge in [-0.3, -0.25) is 19.3 Å². The maximum Gasteiger partial charge on any atom is 0.242 e. The molecule has 0 aromatic carbocycles. The van der Waals surface area contributed by atoms with Gasteiger partial charge in [-0.15, -0.1) is 6.58 Å². The van der Waals surface area contributed by atoms with Gasteiger partial charge >= 0.3 is 0 Å². The predicted molar refractivity (Wildman–Crippen MR) is 76.3 cm³/mol. The average molecular weight is 294 g/mol. The van der Waals surface area contributed by atoms with E-state index in [0.29, 0.717) is 32.2 Å². The molecule has 2 saturated heterocycles. The molecule has 2 rings (SSSR count). The predicted octanol–water partition coefficient (Wildman–Crippen LogP) is 0.577. The highest BCUT2D eigenvalue weighted by Gasteiger charge is 2.32. The number of imide groups is 1. The molecule has 2 fully saturated rings. The summed E-state index contributed by atoms with van der Waals surface area (Å²) >= 11 is 0. The van der Waals surface area contributed by atoms with Crippen LogP contribution in [0.5, 0.6) is 0 Å². The molecule has 0 aromatic heterocycles. The zero-order chi connectivity index (χ0) is 15.2. The Kier molecular flexibility index (Phi) is 5.50. The molecule has 0 N–H and O–H groups in total. The van der Waals surface area contributed by atoms with E-state index >= 15 is 0 Å². The van der Waals surface area contributed by atoms with E-state index in [2.05, 4.69) is 6.58 Å². The fourth-order valence-corrected chi connectivity index (χ4v) is 2.70. The summed E-state index contributed by atoms with van der Waals surface area (Å²) in [6.45, 7) is 6.07. The van der Waals surface area contributed by atoms with Crippen LogP contribution < -0.4 is 0 Å². The Hall–Kier alpha value is -1.69. The molecule has 0 unspecified atom stereocenters. The molecule has 0 atom stereocenters. The van der Waals surface area contributed by atoms with E-state index in [1.165, 1.54) is 0 Å². The van der Waals surface area contributed by atoms with Crippen molar-refractivity contribution in [1.29, 1.82) is 0 Å². The van der Waals surface area contributed by atoms with Crippen LogP contribution in [0.15, 0.2) is 12.7 Å². The van der Waals surface area contributed by atoms with Gasteiger partial charge in [-0.05, 0) is 18.8 Å². The van der Waals surface area contributed by atoms with Crippen molar-refractivity contribution in [3.8, 4) is 0 Å². The van der Waals surface area contributed by atoms with Gasteiger partial charge in [0.05, 0.1) is 6.61 Å². The van der Waals surface area contributed by atoms with Crippen LogP contribution in [0.4, 0.5) is 0 Å². The second-order valence-corrected chi connectivity index (χ2v) is 5.52. The van der Waals surface area contributed by atoms with Crippen LogP contribution in [0.25, 0.3) is 0 Å². The minimum atomic E-state index is -0.235. The third kappa shape index (κ3) is 4.14. The maximum atomic E-state index is 12.1. The number of piperidine rings is 1. The molecule has 3 amide bonds. The van der Waals surface area contributed by atoms with Gasteiger partial charge in [-0.1, -0.05) is 6.08 Å². The van der Waals surface area contributed by atoms with E-state index in [-0.39, 0.29) is 37.1 Å². The first-order chi connectivity index (χ1) is 10.1. The topological polar surface area (TPSA) is 66.9 Å². The molecular weight excluding hydrogens is 272 g/mol. The van der Waals surface area contributed by atoms with E-state index in [9.17, 15) is 14.4 Å². The minimum absolute atomic E-state index is 0.102. The molecular formula is C15H22N2O4. The lowest BCUT2D eigenvalue weighted by Crippen LogP contribution is -2.45. The molecule has 2 aliphatic rings. The quantitative estimate of drug-likeness (QED) is 0.408. The molecule has 2 heterocycles. The second-order valence-electron chi connectivity index (χ2n) is 5.52. The summed E-state index contributed by atoms with van der Waals surface area (Å²) < 4.78 is 5.43. The number of hydrogen-bond donors (Lipinski definition) is 0. The second kappa shape index (κ2) is 7.36. The van der Waals surface area contributed by atoms with Gasteiger partial charge in [-0.2, -0.15) is 0 Å². The zero-order valence-corrected chi connectivity index (χ0v) is 12.3. The number of hydrogen-bond acceptors (Lipinski definition) is 4. The van der Waals surface area contributed by atoms with Gasteiger partial charge in [0.2, 0.25) is 17.7 Å². The Morgan fingerprint density at radius 2 is 1.86 bits per heavy atom. The Balaban J connectivity index is 1.74. The first-order valence-corrected chi connectivity index (χ1v) is 7.41. The van der Waals surface area contributed by atoms with E-state index in [1.54, 1.807) is 11.0 Å². The van der Waals surface area contributed by atoms with Crippen LogP contribution >= 0.6 is 0 Å². The number of amides is 3. The summed E-state index contributed by atoms with van der Waals surface area (Å²) in [6.07, 6.45) is 3.97. The molecule has 0 spiro atoms. The molecule has 2 aliphatic heterocycles. The first-order valence-electron chi connectivity index (χ1n) is 7.41. The summed E-state index contributed by atoms with van der Waals surface area (Å²) in [5, 5.41) is 0. The smallest absolute Gasteiger partial charge is 0.242 e. The van der Waals surface area contributed by atoms with Crippen molar-refractivity contribution in [2.24, 2.45) is 5.92 Å². The standard InChI is InChI=1S/C15H22N2O4/c1-2-9-21-11-12-5-7-16(8-6-12)15(20)10-17-13(18)3-4-14(17)19/h2,12H,1,3-11H2. The van der Waals surface area contributed by atoms with Crippen molar-refractivity contribution in [2.75, 3.05) is 32.8 Å². The van der Waals surface area contributed by atoms with E-state index in [4.69, 9.17) is 4.74 Å². The number of carbonyl (C=O) groups is 3. The maximum absolute atomic E-state index is 12.1. The van der Waals surface area contributed by atoms with Gasteiger partial charge in [-0.25, -0.2) is 0 Å². The lowest BCUT2D eigenvalue weighted by atomic mass is 9.98. The highest BCUT2D eigenvalue weighted by Crippen LogP contribution is 2.19. The molecule has 6 nitrogen and oxygen atoms in total. The van der Waals surface area contributed by atoms with Gasteiger partial charge in [0.15, 0.2) is 0 Å². The van der Waals surface area contributed by atoms with E-state index < -0.39 is 0 Å². The van der Waals surface area contributed by atoms with Crippen molar-refractivity contribution >= 4 is 17.7 Å². The Morgan fingerprint density at radius 1 is 1.24 bits per heavy atom. The van der Waals surface area contributed by atoms with Crippen LogP contribution in [0, 0.1) is 5.92 Å². The number of likely N-dealkylation sites (tertiary alicyclic amines) is 2. The Labute approximate surface area is 124 Å². The number of rotatable bonds is 6.